The van der Waals surface area contributed by atoms with Gasteiger partial charge in [0, 0.05) is 11.8 Å². The molecule has 96 valence electrons. The summed E-state index contributed by atoms with van der Waals surface area (Å²) in [7, 11) is 0. The molecule has 0 amide bonds. The van der Waals surface area contributed by atoms with Crippen LogP contribution in [0.5, 0.6) is 11.5 Å². The first-order chi connectivity index (χ1) is 9.22. The van der Waals surface area contributed by atoms with Gasteiger partial charge in [0.05, 0.1) is 5.02 Å². The average molecular weight is 275 g/mol. The molecular formula is C14H11ClN2O2. The molecule has 0 unspecified atom stereocenters. The van der Waals surface area contributed by atoms with Crippen LogP contribution in [0.15, 0.2) is 30.5 Å². The Kier molecular flexibility index (Phi) is 3.01. The van der Waals surface area contributed by atoms with Gasteiger partial charge in [0.25, 0.3) is 0 Å². The van der Waals surface area contributed by atoms with E-state index >= 15 is 0 Å². The number of halogens is 1. The fourth-order valence-electron chi connectivity index (χ4n) is 1.80. The van der Waals surface area contributed by atoms with E-state index < -0.39 is 0 Å². The maximum Gasteiger partial charge on any atom is 0.231 e. The van der Waals surface area contributed by atoms with Gasteiger partial charge in [0.15, 0.2) is 11.5 Å². The van der Waals surface area contributed by atoms with Crippen molar-refractivity contribution in [3.05, 3.63) is 46.6 Å². The van der Waals surface area contributed by atoms with Gasteiger partial charge in [-0.2, -0.15) is 0 Å². The second-order valence-electron chi connectivity index (χ2n) is 4.07. The van der Waals surface area contributed by atoms with Crippen LogP contribution in [-0.4, -0.2) is 11.8 Å². The van der Waals surface area contributed by atoms with Crippen LogP contribution in [-0.2, 0) is 0 Å². The molecule has 3 rings (SSSR count). The third-order valence-electron chi connectivity index (χ3n) is 2.77. The molecular weight excluding hydrogens is 264 g/mol. The highest BCUT2D eigenvalue weighted by Crippen LogP contribution is 2.33. The van der Waals surface area contributed by atoms with Crippen molar-refractivity contribution in [1.82, 2.24) is 4.98 Å². The molecule has 1 aromatic heterocycles. The van der Waals surface area contributed by atoms with Gasteiger partial charge in [-0.05, 0) is 23.8 Å². The molecule has 1 aliphatic rings. The summed E-state index contributed by atoms with van der Waals surface area (Å²) in [6.45, 7) is 0.271. The van der Waals surface area contributed by atoms with Crippen LogP contribution in [0, 0.1) is 0 Å². The molecule has 0 atom stereocenters. The number of aromatic nitrogens is 1. The molecule has 0 bridgehead atoms. The Morgan fingerprint density at radius 2 is 2.00 bits per heavy atom. The van der Waals surface area contributed by atoms with E-state index in [1.165, 1.54) is 6.20 Å². The number of nitrogens with zero attached hydrogens (tertiary/aromatic N) is 1. The summed E-state index contributed by atoms with van der Waals surface area (Å²) < 4.78 is 10.6. The van der Waals surface area contributed by atoms with Crippen molar-refractivity contribution in [2.75, 3.05) is 12.5 Å². The van der Waals surface area contributed by atoms with Gasteiger partial charge >= 0.3 is 0 Å². The van der Waals surface area contributed by atoms with E-state index in [0.717, 1.165) is 22.6 Å². The number of hydrogen-bond donors (Lipinski definition) is 1. The van der Waals surface area contributed by atoms with E-state index in [-0.39, 0.29) is 6.79 Å². The fourth-order valence-corrected chi connectivity index (χ4v) is 1.97. The Morgan fingerprint density at radius 1 is 1.16 bits per heavy atom. The summed E-state index contributed by atoms with van der Waals surface area (Å²) in [5.74, 6) is 1.96. The summed E-state index contributed by atoms with van der Waals surface area (Å²) in [5, 5.41) is 0.555. The molecule has 1 aromatic carbocycles. The summed E-state index contributed by atoms with van der Waals surface area (Å²) in [6.07, 6.45) is 5.31. The first-order valence-electron chi connectivity index (χ1n) is 5.71. The highest BCUT2D eigenvalue weighted by atomic mass is 35.5. The standard InChI is InChI=1S/C14H11ClN2O2/c15-11-6-10(14(16)17-7-11)3-1-9-2-4-12-13(5-9)19-8-18-12/h1-7H,8H2,(H2,16,17). The van der Waals surface area contributed by atoms with Gasteiger partial charge in [-0.15, -0.1) is 0 Å². The SMILES string of the molecule is Nc1ncc(Cl)cc1C=Cc1ccc2c(c1)OCO2. The minimum atomic E-state index is 0.271. The zero-order valence-electron chi connectivity index (χ0n) is 9.97. The normalized spacial score (nSPS) is 13.1. The smallest absolute Gasteiger partial charge is 0.231 e. The van der Waals surface area contributed by atoms with Crippen LogP contribution in [0.2, 0.25) is 5.02 Å². The lowest BCUT2D eigenvalue weighted by Gasteiger charge is -2.00. The van der Waals surface area contributed by atoms with Crippen LogP contribution in [0.4, 0.5) is 5.82 Å². The molecule has 0 spiro atoms. The summed E-state index contributed by atoms with van der Waals surface area (Å²) in [5.41, 5.74) is 7.55. The fraction of sp³-hybridized carbons (Fsp3) is 0.0714. The molecule has 1 aliphatic heterocycles. The largest absolute Gasteiger partial charge is 0.454 e. The number of nitrogen functional groups attached to an aromatic ring is 1. The number of hydrogen-bond acceptors (Lipinski definition) is 4. The number of anilines is 1. The van der Waals surface area contributed by atoms with E-state index in [4.69, 9.17) is 26.8 Å². The zero-order chi connectivity index (χ0) is 13.2. The first-order valence-corrected chi connectivity index (χ1v) is 6.09. The third kappa shape index (κ3) is 2.48. The molecule has 5 heteroatoms. The van der Waals surface area contributed by atoms with Gasteiger partial charge in [-0.1, -0.05) is 29.8 Å². The molecule has 0 saturated carbocycles. The lowest BCUT2D eigenvalue weighted by atomic mass is 10.1. The molecule has 2 N–H and O–H groups in total. The van der Waals surface area contributed by atoms with Gasteiger partial charge in [0.1, 0.15) is 5.82 Å². The molecule has 4 nitrogen and oxygen atoms in total. The summed E-state index contributed by atoms with van der Waals surface area (Å²) >= 11 is 5.89. The monoisotopic (exact) mass is 274 g/mol. The molecule has 2 aromatic rings. The lowest BCUT2D eigenvalue weighted by molar-refractivity contribution is 0.174. The maximum absolute atomic E-state index is 5.89. The van der Waals surface area contributed by atoms with Gasteiger partial charge in [-0.3, -0.25) is 0 Å². The van der Waals surface area contributed by atoms with Crippen molar-refractivity contribution in [3.8, 4) is 11.5 Å². The number of ether oxygens (including phenoxy) is 2. The molecule has 0 radical (unpaired) electrons. The topological polar surface area (TPSA) is 57.4 Å². The number of pyridine rings is 1. The van der Waals surface area contributed by atoms with Crippen molar-refractivity contribution in [1.29, 1.82) is 0 Å². The molecule has 2 heterocycles. The molecule has 0 aliphatic carbocycles. The maximum atomic E-state index is 5.89. The van der Waals surface area contributed by atoms with Crippen molar-refractivity contribution in [2.24, 2.45) is 0 Å². The van der Waals surface area contributed by atoms with Gasteiger partial charge in [0.2, 0.25) is 6.79 Å². The number of benzene rings is 1. The zero-order valence-corrected chi connectivity index (χ0v) is 10.7. The van der Waals surface area contributed by atoms with E-state index in [2.05, 4.69) is 4.98 Å². The quantitative estimate of drug-likeness (QED) is 0.913. The molecule has 0 fully saturated rings. The Labute approximate surface area is 115 Å². The Hall–Kier alpha value is -2.20. The van der Waals surface area contributed by atoms with Crippen molar-refractivity contribution >= 4 is 29.6 Å². The summed E-state index contributed by atoms with van der Waals surface area (Å²) in [4.78, 5) is 4.00. The number of rotatable bonds is 2. The van der Waals surface area contributed by atoms with Crippen molar-refractivity contribution < 1.29 is 9.47 Å². The van der Waals surface area contributed by atoms with Crippen LogP contribution in [0.25, 0.3) is 12.2 Å². The van der Waals surface area contributed by atoms with Crippen LogP contribution in [0.3, 0.4) is 0 Å². The second-order valence-corrected chi connectivity index (χ2v) is 4.51. The Morgan fingerprint density at radius 3 is 2.89 bits per heavy atom. The number of nitrogens with two attached hydrogens (primary N) is 1. The van der Waals surface area contributed by atoms with Gasteiger partial charge < -0.3 is 15.2 Å². The highest BCUT2D eigenvalue weighted by Gasteiger charge is 2.12. The van der Waals surface area contributed by atoms with Crippen LogP contribution >= 0.6 is 11.6 Å². The van der Waals surface area contributed by atoms with Crippen LogP contribution < -0.4 is 15.2 Å². The van der Waals surface area contributed by atoms with Crippen LogP contribution in [0.1, 0.15) is 11.1 Å². The van der Waals surface area contributed by atoms with E-state index in [1.54, 1.807) is 6.07 Å². The van der Waals surface area contributed by atoms with E-state index in [1.807, 2.05) is 30.4 Å². The minimum Gasteiger partial charge on any atom is -0.454 e. The molecule has 0 saturated heterocycles. The highest BCUT2D eigenvalue weighted by molar-refractivity contribution is 6.30. The second kappa shape index (κ2) is 4.82. The molecule has 19 heavy (non-hydrogen) atoms. The number of fused-ring (bicyclic) bond motifs is 1. The Balaban J connectivity index is 1.88. The predicted molar refractivity (Wildman–Crippen MR) is 75.2 cm³/mol. The van der Waals surface area contributed by atoms with E-state index in [0.29, 0.717) is 10.8 Å². The Bertz CT molecular complexity index is 656. The van der Waals surface area contributed by atoms with Gasteiger partial charge in [-0.25, -0.2) is 4.98 Å². The summed E-state index contributed by atoms with van der Waals surface area (Å²) in [6, 6.07) is 7.50. The minimum absolute atomic E-state index is 0.271. The third-order valence-corrected chi connectivity index (χ3v) is 2.97. The van der Waals surface area contributed by atoms with Crippen molar-refractivity contribution in [3.63, 3.8) is 0 Å². The average Bonchev–Trinajstić information content (AvgIpc) is 2.87. The first kappa shape index (κ1) is 11.9. The predicted octanol–water partition coefficient (Wildman–Crippen LogP) is 3.22. The lowest BCUT2D eigenvalue weighted by Crippen LogP contribution is -1.93. The van der Waals surface area contributed by atoms with Crippen molar-refractivity contribution in [2.45, 2.75) is 0 Å². The van der Waals surface area contributed by atoms with E-state index in [9.17, 15) is 0 Å².